The first-order valence-electron chi connectivity index (χ1n) is 16.0. The molecule has 3 aromatic rings. The minimum atomic E-state index is -4.20. The van der Waals surface area contributed by atoms with E-state index in [-0.39, 0.29) is 47.9 Å². The van der Waals surface area contributed by atoms with E-state index in [1.54, 1.807) is 30.5 Å². The molecule has 238 valence electrons. The van der Waals surface area contributed by atoms with E-state index in [2.05, 4.69) is 21.3 Å². The summed E-state index contributed by atoms with van der Waals surface area (Å²) in [5, 5.41) is 3.74. The summed E-state index contributed by atoms with van der Waals surface area (Å²) in [5.74, 6) is -0.350. The minimum absolute atomic E-state index is 0.0258. The second kappa shape index (κ2) is 11.9. The fraction of sp³-hybridized carbons (Fsp3) is 0.515. The van der Waals surface area contributed by atoms with Gasteiger partial charge in [-0.15, -0.1) is 11.3 Å². The van der Waals surface area contributed by atoms with E-state index in [1.807, 2.05) is 17.2 Å². The van der Waals surface area contributed by atoms with Crippen LogP contribution in [0.5, 0.6) is 0 Å². The third kappa shape index (κ3) is 6.20. The summed E-state index contributed by atoms with van der Waals surface area (Å²) in [6.45, 7) is 0.874. The number of carbonyl (C=O) groups is 3. The van der Waals surface area contributed by atoms with Crippen LogP contribution in [0.1, 0.15) is 84.5 Å². The largest absolute Gasteiger partial charge is 0.351 e. The molecule has 1 aliphatic carbocycles. The number of benzene rings is 1. The highest BCUT2D eigenvalue weighted by atomic mass is 32.1. The molecule has 0 radical (unpaired) electrons. The Hall–Kier alpha value is -3.11. The van der Waals surface area contributed by atoms with E-state index >= 15 is 0 Å². The summed E-state index contributed by atoms with van der Waals surface area (Å²) in [5.41, 5.74) is 1.59. The number of nitrogens with zero attached hydrogens (tertiary/aromatic N) is 3. The molecule has 12 heteroatoms. The van der Waals surface area contributed by atoms with Gasteiger partial charge in [-0.05, 0) is 85.7 Å². The summed E-state index contributed by atoms with van der Waals surface area (Å²) in [4.78, 5) is 69.0. The molecule has 3 amide bonds. The van der Waals surface area contributed by atoms with Crippen LogP contribution >= 0.6 is 18.9 Å². The number of thiophene rings is 1. The van der Waals surface area contributed by atoms with Gasteiger partial charge in [-0.25, -0.2) is 0 Å². The lowest BCUT2D eigenvalue weighted by Crippen LogP contribution is -2.54. The number of likely N-dealkylation sites (tertiary alicyclic amines) is 1. The zero-order valence-electron chi connectivity index (χ0n) is 25.1. The smallest absolute Gasteiger partial charge is 0.329 e. The zero-order valence-corrected chi connectivity index (χ0v) is 26.8. The van der Waals surface area contributed by atoms with Crippen molar-refractivity contribution in [3.8, 4) is 0 Å². The number of hydrogen-bond donors (Lipinski definition) is 3. The predicted octanol–water partition coefficient (Wildman–Crippen LogP) is 4.80. The van der Waals surface area contributed by atoms with Crippen LogP contribution in [0.3, 0.4) is 0 Å². The van der Waals surface area contributed by atoms with Gasteiger partial charge in [0.2, 0.25) is 11.8 Å². The van der Waals surface area contributed by atoms with Crippen molar-refractivity contribution in [1.82, 2.24) is 20.1 Å². The number of nitrogens with one attached hydrogen (secondary N) is 1. The molecule has 1 saturated carbocycles. The molecule has 4 fully saturated rings. The molecule has 0 bridgehead atoms. The molecule has 3 N–H and O–H groups in total. The van der Waals surface area contributed by atoms with Gasteiger partial charge >= 0.3 is 7.60 Å². The first-order chi connectivity index (χ1) is 21.6. The standard InChI is InChI=1S/C33H39N4O6PS/c38-30(29-15-24-14-21(20-44(41,42)43)7-10-28(24)45-29)35-18-23-4-1-2-6-26-8-9-27(37(26)31(23)39)32(40)36-19-25(16-33(36)11-12-33)22-5-3-13-34-17-22/h3,5,7,10,13-15,17,23,25-27H,1-2,4,6,8-9,11-12,16,18-20H2,(H,35,38)(H2,41,42,43)/t23?,25-,26-,27-/m0/s1. The number of pyridine rings is 1. The third-order valence-electron chi connectivity index (χ3n) is 10.3. The molecule has 5 heterocycles. The van der Waals surface area contributed by atoms with Crippen LogP contribution in [-0.4, -0.2) is 73.0 Å². The molecule has 4 atom stereocenters. The highest BCUT2D eigenvalue weighted by Crippen LogP contribution is 2.54. The maximum atomic E-state index is 14.2. The highest BCUT2D eigenvalue weighted by Gasteiger charge is 2.58. The van der Waals surface area contributed by atoms with Crippen LogP contribution in [-0.2, 0) is 20.3 Å². The fourth-order valence-electron chi connectivity index (χ4n) is 7.89. The first kappa shape index (κ1) is 30.5. The maximum absolute atomic E-state index is 14.2. The van der Waals surface area contributed by atoms with Gasteiger partial charge in [0.15, 0.2) is 0 Å². The second-order valence-electron chi connectivity index (χ2n) is 13.4. The van der Waals surface area contributed by atoms with E-state index in [1.165, 1.54) is 16.9 Å². The van der Waals surface area contributed by atoms with E-state index in [4.69, 9.17) is 0 Å². The number of carbonyl (C=O) groups excluding carboxylic acids is 3. The Labute approximate surface area is 266 Å². The van der Waals surface area contributed by atoms with Crippen LogP contribution in [0, 0.1) is 5.92 Å². The van der Waals surface area contributed by atoms with Crippen molar-refractivity contribution in [2.45, 2.75) is 87.5 Å². The van der Waals surface area contributed by atoms with Crippen molar-refractivity contribution in [3.05, 3.63) is 64.8 Å². The molecular weight excluding hydrogens is 611 g/mol. The summed E-state index contributed by atoms with van der Waals surface area (Å²) in [6.07, 6.45) is 11.3. The second-order valence-corrected chi connectivity index (χ2v) is 16.1. The molecule has 1 aromatic carbocycles. The monoisotopic (exact) mass is 650 g/mol. The van der Waals surface area contributed by atoms with Gasteiger partial charge in [0.05, 0.1) is 17.0 Å². The van der Waals surface area contributed by atoms with Crippen molar-refractivity contribution in [1.29, 1.82) is 0 Å². The topological polar surface area (TPSA) is 140 Å². The summed E-state index contributed by atoms with van der Waals surface area (Å²) < 4.78 is 12.3. The van der Waals surface area contributed by atoms with Gasteiger partial charge in [-0.2, -0.15) is 0 Å². The Morgan fingerprint density at radius 1 is 1.09 bits per heavy atom. The van der Waals surface area contributed by atoms with Gasteiger partial charge in [0.1, 0.15) is 6.04 Å². The van der Waals surface area contributed by atoms with Crippen LogP contribution in [0.4, 0.5) is 0 Å². The van der Waals surface area contributed by atoms with E-state index in [0.717, 1.165) is 55.0 Å². The number of amides is 3. The Balaban J connectivity index is 1.04. The van der Waals surface area contributed by atoms with Crippen LogP contribution in [0.15, 0.2) is 48.8 Å². The number of fused-ring (bicyclic) bond motifs is 2. The maximum Gasteiger partial charge on any atom is 0.329 e. The Kier molecular flexibility index (Phi) is 8.09. The minimum Gasteiger partial charge on any atom is -0.351 e. The molecule has 1 unspecified atom stereocenters. The summed E-state index contributed by atoms with van der Waals surface area (Å²) in [7, 11) is -4.20. The SMILES string of the molecule is O=C(NCC1CCCC[C@H]2CC[C@@H](C(=O)N3C[C@@H](c4cccnc4)CC34CC4)N2C1=O)c1cc2cc(CP(=O)(O)O)ccc2s1. The van der Waals surface area contributed by atoms with Crippen molar-refractivity contribution in [3.63, 3.8) is 0 Å². The van der Waals surface area contributed by atoms with Gasteiger partial charge in [-0.1, -0.05) is 25.0 Å². The normalized spacial score (nSPS) is 26.1. The molecule has 2 aromatic heterocycles. The molecule has 45 heavy (non-hydrogen) atoms. The number of rotatable bonds is 7. The van der Waals surface area contributed by atoms with Crippen molar-refractivity contribution in [2.75, 3.05) is 13.1 Å². The van der Waals surface area contributed by atoms with E-state index < -0.39 is 19.6 Å². The van der Waals surface area contributed by atoms with Crippen molar-refractivity contribution in [2.24, 2.45) is 5.92 Å². The lowest BCUT2D eigenvalue weighted by molar-refractivity contribution is -0.149. The molecule has 10 nitrogen and oxygen atoms in total. The van der Waals surface area contributed by atoms with Crippen molar-refractivity contribution < 1.29 is 28.7 Å². The third-order valence-corrected chi connectivity index (χ3v) is 12.2. The van der Waals surface area contributed by atoms with Gasteiger partial charge < -0.3 is 24.9 Å². The average Bonchev–Trinajstić information content (AvgIpc) is 3.31. The lowest BCUT2D eigenvalue weighted by atomic mass is 9.94. The predicted molar refractivity (Wildman–Crippen MR) is 171 cm³/mol. The van der Waals surface area contributed by atoms with Crippen LogP contribution < -0.4 is 5.32 Å². The number of aromatic nitrogens is 1. The molecule has 7 rings (SSSR count). The Morgan fingerprint density at radius 3 is 2.67 bits per heavy atom. The van der Waals surface area contributed by atoms with Gasteiger partial charge in [0, 0.05) is 47.7 Å². The zero-order chi connectivity index (χ0) is 31.3. The van der Waals surface area contributed by atoms with Crippen LogP contribution in [0.25, 0.3) is 10.1 Å². The molecule has 1 spiro atoms. The quantitative estimate of drug-likeness (QED) is 0.312. The molecule has 3 aliphatic heterocycles. The average molecular weight is 651 g/mol. The summed E-state index contributed by atoms with van der Waals surface area (Å²) >= 11 is 1.31. The molecule has 3 saturated heterocycles. The first-order valence-corrected chi connectivity index (χ1v) is 18.6. The van der Waals surface area contributed by atoms with Gasteiger partial charge in [-0.3, -0.25) is 23.9 Å². The van der Waals surface area contributed by atoms with Crippen LogP contribution in [0.2, 0.25) is 0 Å². The fourth-order valence-corrected chi connectivity index (χ4v) is 9.52. The Morgan fingerprint density at radius 2 is 1.91 bits per heavy atom. The lowest BCUT2D eigenvalue weighted by Gasteiger charge is -2.37. The summed E-state index contributed by atoms with van der Waals surface area (Å²) in [6, 6.07) is 10.5. The highest BCUT2D eigenvalue weighted by molar-refractivity contribution is 7.50. The molecule has 4 aliphatic rings. The van der Waals surface area contributed by atoms with Gasteiger partial charge in [0.25, 0.3) is 5.91 Å². The van der Waals surface area contributed by atoms with E-state index in [0.29, 0.717) is 29.8 Å². The van der Waals surface area contributed by atoms with Crippen molar-refractivity contribution >= 4 is 46.7 Å². The number of hydrogen-bond acceptors (Lipinski definition) is 6. The van der Waals surface area contributed by atoms with E-state index in [9.17, 15) is 28.7 Å². The Bertz CT molecular complexity index is 1670. The molecular formula is C33H39N4O6PS.